The molecule has 0 unspecified atom stereocenters. The molecule has 0 aliphatic rings. The van der Waals surface area contributed by atoms with Crippen LogP contribution in [0, 0.1) is 0 Å². The van der Waals surface area contributed by atoms with Gasteiger partial charge in [-0.05, 0) is 123 Å². The lowest BCUT2D eigenvalue weighted by Crippen LogP contribution is -2.13. The maximum absolute atomic E-state index is 4.38. The van der Waals surface area contributed by atoms with E-state index in [9.17, 15) is 0 Å². The number of para-hydroxylation sites is 2. The van der Waals surface area contributed by atoms with Crippen LogP contribution in [-0.4, -0.2) is 0 Å². The molecular weight excluding hydrogens is 713 g/mol. The molecule has 0 radical (unpaired) electrons. The van der Waals surface area contributed by atoms with Gasteiger partial charge >= 0.3 is 0 Å². The molecule has 9 rings (SSSR count). The number of anilines is 5. The Morgan fingerprint density at radius 2 is 0.627 bits per heavy atom. The Labute approximate surface area is 348 Å². The maximum Gasteiger partial charge on any atom is 0.0468 e. The molecule has 0 aliphatic heterocycles. The summed E-state index contributed by atoms with van der Waals surface area (Å²) in [5.74, 6) is 0. The third kappa shape index (κ3) is 7.73. The van der Waals surface area contributed by atoms with E-state index in [0.717, 1.165) is 62.0 Å². The van der Waals surface area contributed by atoms with Gasteiger partial charge in [0.05, 0.1) is 0 Å². The van der Waals surface area contributed by atoms with Gasteiger partial charge < -0.3 is 9.80 Å². The van der Waals surface area contributed by atoms with Gasteiger partial charge in [0.2, 0.25) is 0 Å². The lowest BCUT2D eigenvalue weighted by molar-refractivity contribution is 1.17. The molecule has 0 amide bonds. The first-order valence-electron chi connectivity index (χ1n) is 20.1. The van der Waals surface area contributed by atoms with Crippen LogP contribution in [0.4, 0.5) is 28.4 Å². The molecule has 0 aliphatic carbocycles. The molecule has 0 fully saturated rings. The molecule has 0 bridgehead atoms. The Balaban J connectivity index is 1.21. The van der Waals surface area contributed by atoms with Crippen molar-refractivity contribution < 1.29 is 0 Å². The van der Waals surface area contributed by atoms with E-state index >= 15 is 0 Å². The van der Waals surface area contributed by atoms with Gasteiger partial charge in [-0.2, -0.15) is 0 Å². The van der Waals surface area contributed by atoms with E-state index in [1.165, 1.54) is 27.8 Å². The molecule has 0 heterocycles. The lowest BCUT2D eigenvalue weighted by atomic mass is 9.86. The smallest absolute Gasteiger partial charge is 0.0468 e. The van der Waals surface area contributed by atoms with Crippen LogP contribution in [0.3, 0.4) is 0 Å². The Hall–Kier alpha value is -7.68. The zero-order valence-corrected chi connectivity index (χ0v) is 33.1. The third-order valence-corrected chi connectivity index (χ3v) is 10.8. The number of nitrogens with zero attached hydrogens (tertiary/aromatic N) is 2. The van der Waals surface area contributed by atoms with E-state index < -0.39 is 0 Å². The van der Waals surface area contributed by atoms with Gasteiger partial charge in [-0.3, -0.25) is 0 Å². The normalized spacial score (nSPS) is 10.9. The predicted octanol–water partition coefficient (Wildman–Crippen LogP) is 16.2. The van der Waals surface area contributed by atoms with E-state index in [-0.39, 0.29) is 0 Å². The van der Waals surface area contributed by atoms with Gasteiger partial charge in [0.15, 0.2) is 0 Å². The summed E-state index contributed by atoms with van der Waals surface area (Å²) in [6.45, 7) is 6.44. The minimum atomic E-state index is 0.952. The predicted molar refractivity (Wildman–Crippen MR) is 252 cm³/mol. The Morgan fingerprint density at radius 3 is 1.12 bits per heavy atom. The van der Waals surface area contributed by atoms with Crippen molar-refractivity contribution in [3.63, 3.8) is 0 Å². The van der Waals surface area contributed by atoms with Crippen molar-refractivity contribution in [3.05, 3.63) is 249 Å². The molecule has 59 heavy (non-hydrogen) atoms. The highest BCUT2D eigenvalue weighted by Gasteiger charge is 2.21. The van der Waals surface area contributed by atoms with Crippen molar-refractivity contribution in [3.8, 4) is 55.6 Å². The largest absolute Gasteiger partial charge is 0.315 e. The summed E-state index contributed by atoms with van der Waals surface area (Å²) in [6, 6.07) is 84.6. The Kier molecular flexibility index (Phi) is 10.5. The van der Waals surface area contributed by atoms with Crippen molar-refractivity contribution >= 4 is 28.4 Å². The number of benzene rings is 9. The molecule has 9 aromatic carbocycles. The molecule has 0 N–H and O–H groups in total. The summed E-state index contributed by atoms with van der Waals surface area (Å²) in [5.41, 5.74) is 18.1. The summed E-state index contributed by atoms with van der Waals surface area (Å²) in [4.78, 5) is 4.57. The summed E-state index contributed by atoms with van der Waals surface area (Å²) < 4.78 is 0. The first-order chi connectivity index (χ1) is 29.1. The van der Waals surface area contributed by atoms with Crippen LogP contribution in [-0.2, 0) is 0 Å². The molecule has 0 saturated heterocycles. The van der Waals surface area contributed by atoms with Crippen molar-refractivity contribution in [1.29, 1.82) is 0 Å². The molecule has 2 nitrogen and oxygen atoms in total. The van der Waals surface area contributed by atoms with Gasteiger partial charge in [-0.25, -0.2) is 0 Å². The minimum Gasteiger partial charge on any atom is -0.315 e. The zero-order chi connectivity index (χ0) is 40.0. The molecule has 2 heteroatoms. The molecular formula is C57H44N2. The highest BCUT2D eigenvalue weighted by molar-refractivity contribution is 5.98. The average molecular weight is 757 g/mol. The summed E-state index contributed by atoms with van der Waals surface area (Å²) in [7, 11) is 0. The highest BCUT2D eigenvalue weighted by Crippen LogP contribution is 2.46. The number of hydrogen-bond donors (Lipinski definition) is 0. The van der Waals surface area contributed by atoms with Crippen LogP contribution in [0.25, 0.3) is 55.6 Å². The highest BCUT2D eigenvalue weighted by atomic mass is 15.1. The molecule has 0 atom stereocenters. The third-order valence-electron chi connectivity index (χ3n) is 10.8. The van der Waals surface area contributed by atoms with Crippen LogP contribution in [0.2, 0.25) is 0 Å². The van der Waals surface area contributed by atoms with Crippen LogP contribution < -0.4 is 9.80 Å². The van der Waals surface area contributed by atoms with Gasteiger partial charge in [0, 0.05) is 34.1 Å². The number of hydrogen-bond acceptors (Lipinski definition) is 2. The van der Waals surface area contributed by atoms with Crippen molar-refractivity contribution in [2.24, 2.45) is 0 Å². The SMILES string of the molecule is C=C(C)N(c1ccccc1)c1ccc(-c2ccccc2-c2ccc(N(c3ccccc3)c3ccc(-c4ccccc4)cc3)cc2-c2ccccc2)c(-c2ccccc2)c1. The van der Waals surface area contributed by atoms with E-state index in [0.29, 0.717) is 0 Å². The number of allylic oxidation sites excluding steroid dienone is 1. The molecule has 0 aromatic heterocycles. The van der Waals surface area contributed by atoms with E-state index in [1.54, 1.807) is 0 Å². The quantitative estimate of drug-likeness (QED) is 0.130. The van der Waals surface area contributed by atoms with Crippen molar-refractivity contribution in [2.45, 2.75) is 6.92 Å². The topological polar surface area (TPSA) is 6.48 Å². The zero-order valence-electron chi connectivity index (χ0n) is 33.1. The lowest BCUT2D eigenvalue weighted by Gasteiger charge is -2.28. The van der Waals surface area contributed by atoms with Crippen LogP contribution in [0.15, 0.2) is 249 Å². The first-order valence-corrected chi connectivity index (χ1v) is 20.1. The monoisotopic (exact) mass is 756 g/mol. The van der Waals surface area contributed by atoms with Gasteiger partial charge in [0.1, 0.15) is 0 Å². The summed E-state index contributed by atoms with van der Waals surface area (Å²) >= 11 is 0. The minimum absolute atomic E-state index is 0.952. The Bertz CT molecular complexity index is 2820. The molecule has 9 aromatic rings. The van der Waals surface area contributed by atoms with E-state index in [4.69, 9.17) is 0 Å². The fraction of sp³-hybridized carbons (Fsp3) is 0.0175. The molecule has 0 spiro atoms. The second-order valence-electron chi connectivity index (χ2n) is 14.7. The van der Waals surface area contributed by atoms with Gasteiger partial charge in [-0.15, -0.1) is 0 Å². The van der Waals surface area contributed by atoms with Crippen molar-refractivity contribution in [1.82, 2.24) is 0 Å². The fourth-order valence-electron chi connectivity index (χ4n) is 8.10. The van der Waals surface area contributed by atoms with Crippen LogP contribution in [0.5, 0.6) is 0 Å². The molecule has 0 saturated carbocycles. The second kappa shape index (κ2) is 16.8. The van der Waals surface area contributed by atoms with E-state index in [2.05, 4.69) is 254 Å². The average Bonchev–Trinajstić information content (AvgIpc) is 3.31. The fourth-order valence-corrected chi connectivity index (χ4v) is 8.10. The maximum atomic E-state index is 4.38. The number of rotatable bonds is 11. The molecule has 282 valence electrons. The second-order valence-corrected chi connectivity index (χ2v) is 14.7. The summed E-state index contributed by atoms with van der Waals surface area (Å²) in [6.07, 6.45) is 0. The van der Waals surface area contributed by atoms with Crippen molar-refractivity contribution in [2.75, 3.05) is 9.80 Å². The van der Waals surface area contributed by atoms with Crippen LogP contribution >= 0.6 is 0 Å². The Morgan fingerprint density at radius 1 is 0.288 bits per heavy atom. The van der Waals surface area contributed by atoms with E-state index in [1.807, 2.05) is 6.07 Å². The van der Waals surface area contributed by atoms with Gasteiger partial charge in [0.25, 0.3) is 0 Å². The van der Waals surface area contributed by atoms with Gasteiger partial charge in [-0.1, -0.05) is 183 Å². The summed E-state index contributed by atoms with van der Waals surface area (Å²) in [5, 5.41) is 0. The standard InChI is InChI=1S/C57H44N2/c1-42(2)58(47-26-14-6-15-27-47)50-36-38-54(56(40-50)45-22-10-4-11-23-45)52-30-18-19-31-53(52)55-39-37-51(41-57(55)46-24-12-5-13-25-46)59(48-28-16-7-17-29-48)49-34-32-44(33-35-49)43-20-8-3-9-21-43/h3-41H,1H2,2H3. The first kappa shape index (κ1) is 36.9. The van der Waals surface area contributed by atoms with Crippen LogP contribution in [0.1, 0.15) is 6.92 Å².